The molecule has 0 aromatic heterocycles. The van der Waals surface area contributed by atoms with Crippen LogP contribution in [0.25, 0.3) is 0 Å². The van der Waals surface area contributed by atoms with Crippen molar-refractivity contribution in [3.05, 3.63) is 0 Å². The molecule has 0 spiro atoms. The highest BCUT2D eigenvalue weighted by atomic mass is 15.1. The Balaban J connectivity index is 1.87. The summed E-state index contributed by atoms with van der Waals surface area (Å²) in [6.45, 7) is 17.2. The van der Waals surface area contributed by atoms with Crippen LogP contribution < -0.4 is 5.32 Å². The molecule has 1 aliphatic carbocycles. The predicted octanol–water partition coefficient (Wildman–Crippen LogP) is 4.30. The first-order valence-corrected chi connectivity index (χ1v) is 9.36. The zero-order valence-corrected chi connectivity index (χ0v) is 15.2. The Kier molecular flexibility index (Phi) is 5.76. The summed E-state index contributed by atoms with van der Waals surface area (Å²) in [4.78, 5) is 2.75. The van der Waals surface area contributed by atoms with Gasteiger partial charge in [0, 0.05) is 12.6 Å². The van der Waals surface area contributed by atoms with Crippen molar-refractivity contribution in [2.45, 2.75) is 79.2 Å². The van der Waals surface area contributed by atoms with Crippen molar-refractivity contribution in [2.75, 3.05) is 26.2 Å². The number of nitrogens with one attached hydrogen (secondary N) is 1. The SMILES string of the molecule is CCCNC1C(CN2CCC(C)(CC)CC2)CCC1(C)C. The lowest BCUT2D eigenvalue weighted by Gasteiger charge is -2.41. The lowest BCUT2D eigenvalue weighted by Crippen LogP contribution is -2.48. The Labute approximate surface area is 133 Å². The zero-order valence-electron chi connectivity index (χ0n) is 15.2. The molecule has 21 heavy (non-hydrogen) atoms. The van der Waals surface area contributed by atoms with Gasteiger partial charge in [-0.05, 0) is 68.5 Å². The Bertz CT molecular complexity index is 316. The highest BCUT2D eigenvalue weighted by Gasteiger charge is 2.42. The topological polar surface area (TPSA) is 15.3 Å². The summed E-state index contributed by atoms with van der Waals surface area (Å²) in [7, 11) is 0. The van der Waals surface area contributed by atoms with Gasteiger partial charge in [-0.25, -0.2) is 0 Å². The van der Waals surface area contributed by atoms with Crippen molar-refractivity contribution in [3.8, 4) is 0 Å². The van der Waals surface area contributed by atoms with Crippen molar-refractivity contribution in [1.29, 1.82) is 0 Å². The van der Waals surface area contributed by atoms with Crippen LogP contribution in [-0.4, -0.2) is 37.1 Å². The molecule has 0 bridgehead atoms. The third kappa shape index (κ3) is 4.22. The summed E-state index contributed by atoms with van der Waals surface area (Å²) in [6.07, 6.45) is 8.19. The fourth-order valence-electron chi connectivity index (χ4n) is 4.42. The maximum Gasteiger partial charge on any atom is 0.0159 e. The normalized spacial score (nSPS) is 32.4. The Hall–Kier alpha value is -0.0800. The van der Waals surface area contributed by atoms with Gasteiger partial charge in [-0.3, -0.25) is 0 Å². The fourth-order valence-corrected chi connectivity index (χ4v) is 4.42. The second kappa shape index (κ2) is 7.00. The minimum absolute atomic E-state index is 0.480. The molecule has 2 nitrogen and oxygen atoms in total. The molecule has 2 rings (SSSR count). The molecule has 124 valence electrons. The lowest BCUT2D eigenvalue weighted by atomic mass is 9.78. The Morgan fingerprint density at radius 1 is 1.05 bits per heavy atom. The van der Waals surface area contributed by atoms with E-state index < -0.39 is 0 Å². The number of hydrogen-bond acceptors (Lipinski definition) is 2. The van der Waals surface area contributed by atoms with Crippen LogP contribution in [0.5, 0.6) is 0 Å². The summed E-state index contributed by atoms with van der Waals surface area (Å²) in [5, 5.41) is 3.86. The van der Waals surface area contributed by atoms with Gasteiger partial charge in [-0.2, -0.15) is 0 Å². The average Bonchev–Trinajstić information content (AvgIpc) is 2.74. The Morgan fingerprint density at radius 2 is 1.71 bits per heavy atom. The van der Waals surface area contributed by atoms with Crippen LogP contribution in [0.3, 0.4) is 0 Å². The van der Waals surface area contributed by atoms with E-state index in [1.54, 1.807) is 0 Å². The average molecular weight is 295 g/mol. The molecular formula is C19H38N2. The smallest absolute Gasteiger partial charge is 0.0159 e. The third-order valence-corrected chi connectivity index (χ3v) is 6.50. The van der Waals surface area contributed by atoms with E-state index in [9.17, 15) is 0 Å². The van der Waals surface area contributed by atoms with Crippen molar-refractivity contribution < 1.29 is 0 Å². The van der Waals surface area contributed by atoms with E-state index in [0.29, 0.717) is 10.8 Å². The molecule has 1 N–H and O–H groups in total. The molecule has 0 radical (unpaired) electrons. The van der Waals surface area contributed by atoms with Gasteiger partial charge in [-0.1, -0.05) is 41.0 Å². The summed E-state index contributed by atoms with van der Waals surface area (Å²) < 4.78 is 0. The highest BCUT2D eigenvalue weighted by Crippen LogP contribution is 2.42. The fraction of sp³-hybridized carbons (Fsp3) is 1.00. The summed E-state index contributed by atoms with van der Waals surface area (Å²) in [5.41, 5.74) is 1.10. The Morgan fingerprint density at radius 3 is 2.29 bits per heavy atom. The van der Waals surface area contributed by atoms with E-state index in [0.717, 1.165) is 12.0 Å². The largest absolute Gasteiger partial charge is 0.313 e. The second-order valence-corrected chi connectivity index (χ2v) is 8.68. The zero-order chi connectivity index (χ0) is 15.5. The molecule has 2 atom stereocenters. The van der Waals surface area contributed by atoms with E-state index in [2.05, 4.69) is 44.8 Å². The van der Waals surface area contributed by atoms with E-state index in [4.69, 9.17) is 0 Å². The number of piperidine rings is 1. The van der Waals surface area contributed by atoms with Crippen LogP contribution in [0, 0.1) is 16.7 Å². The second-order valence-electron chi connectivity index (χ2n) is 8.68. The molecular weight excluding hydrogens is 256 g/mol. The quantitative estimate of drug-likeness (QED) is 0.785. The molecule has 1 saturated heterocycles. The number of nitrogens with zero attached hydrogens (tertiary/aromatic N) is 1. The maximum absolute atomic E-state index is 3.86. The van der Waals surface area contributed by atoms with Crippen molar-refractivity contribution in [2.24, 2.45) is 16.7 Å². The molecule has 0 aromatic rings. The van der Waals surface area contributed by atoms with Crippen LogP contribution in [0.2, 0.25) is 0 Å². The first kappa shape index (κ1) is 17.3. The van der Waals surface area contributed by atoms with Gasteiger partial charge in [0.15, 0.2) is 0 Å². The van der Waals surface area contributed by atoms with Crippen LogP contribution in [-0.2, 0) is 0 Å². The maximum atomic E-state index is 3.86. The molecule has 2 fully saturated rings. The number of hydrogen-bond donors (Lipinski definition) is 1. The molecule has 0 aromatic carbocycles. The van der Waals surface area contributed by atoms with E-state index >= 15 is 0 Å². The van der Waals surface area contributed by atoms with E-state index in [1.807, 2.05) is 0 Å². The minimum Gasteiger partial charge on any atom is -0.313 e. The standard InChI is InChI=1S/C19H38N2/c1-6-12-20-17-16(8-9-18(17,3)4)15-21-13-10-19(5,7-2)11-14-21/h16-17,20H,6-15H2,1-5H3. The van der Waals surface area contributed by atoms with Gasteiger partial charge in [-0.15, -0.1) is 0 Å². The van der Waals surface area contributed by atoms with Crippen LogP contribution in [0.15, 0.2) is 0 Å². The number of likely N-dealkylation sites (tertiary alicyclic amines) is 1. The summed E-state index contributed by atoms with van der Waals surface area (Å²) in [6, 6.07) is 0.719. The van der Waals surface area contributed by atoms with E-state index in [1.165, 1.54) is 64.7 Å². The lowest BCUT2D eigenvalue weighted by molar-refractivity contribution is 0.0929. The molecule has 1 heterocycles. The predicted molar refractivity (Wildman–Crippen MR) is 92.7 cm³/mol. The highest BCUT2D eigenvalue weighted by molar-refractivity contribution is 4.97. The molecule has 0 amide bonds. The van der Waals surface area contributed by atoms with Crippen molar-refractivity contribution in [3.63, 3.8) is 0 Å². The first-order chi connectivity index (χ1) is 9.90. The van der Waals surface area contributed by atoms with Gasteiger partial charge in [0.1, 0.15) is 0 Å². The van der Waals surface area contributed by atoms with Gasteiger partial charge in [0.25, 0.3) is 0 Å². The van der Waals surface area contributed by atoms with Crippen LogP contribution in [0.4, 0.5) is 0 Å². The monoisotopic (exact) mass is 294 g/mol. The third-order valence-electron chi connectivity index (χ3n) is 6.50. The molecule has 1 aliphatic heterocycles. The molecule has 1 saturated carbocycles. The minimum atomic E-state index is 0.480. The summed E-state index contributed by atoms with van der Waals surface area (Å²) >= 11 is 0. The van der Waals surface area contributed by atoms with Gasteiger partial charge in [0.05, 0.1) is 0 Å². The molecule has 2 heteroatoms. The van der Waals surface area contributed by atoms with Crippen molar-refractivity contribution in [1.82, 2.24) is 10.2 Å². The van der Waals surface area contributed by atoms with E-state index in [-0.39, 0.29) is 0 Å². The van der Waals surface area contributed by atoms with Crippen LogP contribution in [0.1, 0.15) is 73.1 Å². The summed E-state index contributed by atoms with van der Waals surface area (Å²) in [5.74, 6) is 0.859. The van der Waals surface area contributed by atoms with Gasteiger partial charge in [0.2, 0.25) is 0 Å². The molecule has 2 aliphatic rings. The number of rotatable bonds is 6. The molecule has 2 unspecified atom stereocenters. The van der Waals surface area contributed by atoms with Crippen molar-refractivity contribution >= 4 is 0 Å². The first-order valence-electron chi connectivity index (χ1n) is 9.36. The van der Waals surface area contributed by atoms with Crippen LogP contribution >= 0.6 is 0 Å². The van der Waals surface area contributed by atoms with Gasteiger partial charge >= 0.3 is 0 Å². The van der Waals surface area contributed by atoms with Gasteiger partial charge < -0.3 is 10.2 Å².